The second kappa shape index (κ2) is 5.49. The van der Waals surface area contributed by atoms with Crippen molar-refractivity contribution >= 4 is 5.91 Å². The molecule has 3 nitrogen and oxygen atoms in total. The highest BCUT2D eigenvalue weighted by Gasteiger charge is 2.15. The van der Waals surface area contributed by atoms with E-state index in [0.29, 0.717) is 17.7 Å². The van der Waals surface area contributed by atoms with Gasteiger partial charge in [0.15, 0.2) is 0 Å². The Hall–Kier alpha value is -1.58. The monoisotopic (exact) mass is 225 g/mol. The van der Waals surface area contributed by atoms with Crippen molar-refractivity contribution in [3.8, 4) is 5.75 Å². The van der Waals surface area contributed by atoms with Crippen LogP contribution in [0.2, 0.25) is 0 Å². The smallest absolute Gasteiger partial charge is 0.220 e. The van der Waals surface area contributed by atoms with Crippen LogP contribution >= 0.6 is 0 Å². The number of carbonyl (C=O) groups excluding carboxylic acids is 1. The summed E-state index contributed by atoms with van der Waals surface area (Å²) in [5.74, 6) is 0.141. The van der Waals surface area contributed by atoms with Crippen LogP contribution in [0.5, 0.6) is 5.75 Å². The van der Waals surface area contributed by atoms with Gasteiger partial charge < -0.3 is 10.1 Å². The summed E-state index contributed by atoms with van der Waals surface area (Å²) in [7, 11) is 3.11. The lowest BCUT2D eigenvalue weighted by Gasteiger charge is -2.14. The van der Waals surface area contributed by atoms with Crippen LogP contribution in [0.1, 0.15) is 24.8 Å². The molecule has 0 radical (unpaired) electrons. The van der Waals surface area contributed by atoms with Gasteiger partial charge in [-0.05, 0) is 24.1 Å². The second-order valence-electron chi connectivity index (χ2n) is 3.66. The van der Waals surface area contributed by atoms with Gasteiger partial charge in [-0.25, -0.2) is 4.39 Å². The summed E-state index contributed by atoms with van der Waals surface area (Å²) in [6.45, 7) is 1.87. The standard InChI is InChI=1S/C12H16FNO2/c1-8(6-12(15)14-2)10-7-9(13)4-5-11(10)16-3/h4-5,7-8H,6H2,1-3H3,(H,14,15). The van der Waals surface area contributed by atoms with Gasteiger partial charge in [-0.3, -0.25) is 4.79 Å². The topological polar surface area (TPSA) is 38.3 Å². The highest BCUT2D eigenvalue weighted by Crippen LogP contribution is 2.29. The summed E-state index contributed by atoms with van der Waals surface area (Å²) in [6.07, 6.45) is 0.316. The molecule has 0 spiro atoms. The quantitative estimate of drug-likeness (QED) is 0.852. The molecule has 1 aromatic carbocycles. The van der Waals surface area contributed by atoms with Crippen molar-refractivity contribution in [2.75, 3.05) is 14.2 Å². The van der Waals surface area contributed by atoms with Gasteiger partial charge in [0, 0.05) is 19.0 Å². The first-order valence-electron chi connectivity index (χ1n) is 5.12. The van der Waals surface area contributed by atoms with Gasteiger partial charge in [0.2, 0.25) is 5.91 Å². The maximum atomic E-state index is 13.1. The predicted molar refractivity (Wildman–Crippen MR) is 60.1 cm³/mol. The summed E-state index contributed by atoms with van der Waals surface area (Å²) in [4.78, 5) is 11.2. The van der Waals surface area contributed by atoms with Crippen LogP contribution in [0, 0.1) is 5.82 Å². The van der Waals surface area contributed by atoms with Gasteiger partial charge in [-0.1, -0.05) is 6.92 Å². The second-order valence-corrected chi connectivity index (χ2v) is 3.66. The molecule has 1 rings (SSSR count). The Morgan fingerprint density at radius 1 is 1.56 bits per heavy atom. The number of methoxy groups -OCH3 is 1. The van der Waals surface area contributed by atoms with E-state index in [2.05, 4.69) is 5.32 Å². The zero-order chi connectivity index (χ0) is 12.1. The van der Waals surface area contributed by atoms with E-state index in [0.717, 1.165) is 0 Å². The fraction of sp³-hybridized carbons (Fsp3) is 0.417. The third kappa shape index (κ3) is 2.95. The van der Waals surface area contributed by atoms with Crippen molar-refractivity contribution < 1.29 is 13.9 Å². The van der Waals surface area contributed by atoms with Crippen LogP contribution < -0.4 is 10.1 Å². The molecule has 0 saturated heterocycles. The molecule has 88 valence electrons. The minimum absolute atomic E-state index is 0.0705. The molecule has 1 unspecified atom stereocenters. The molecule has 0 aliphatic carbocycles. The van der Waals surface area contributed by atoms with Crippen LogP contribution in [0.25, 0.3) is 0 Å². The number of ether oxygens (including phenoxy) is 1. The van der Waals surface area contributed by atoms with Crippen LogP contribution in [0.4, 0.5) is 4.39 Å². The van der Waals surface area contributed by atoms with Gasteiger partial charge >= 0.3 is 0 Å². The molecule has 1 N–H and O–H groups in total. The minimum Gasteiger partial charge on any atom is -0.496 e. The van der Waals surface area contributed by atoms with E-state index in [1.54, 1.807) is 13.1 Å². The molecule has 0 heterocycles. The molecule has 1 aromatic rings. The van der Waals surface area contributed by atoms with Crippen LogP contribution in [0.15, 0.2) is 18.2 Å². The molecule has 16 heavy (non-hydrogen) atoms. The average Bonchev–Trinajstić information content (AvgIpc) is 2.28. The van der Waals surface area contributed by atoms with E-state index in [-0.39, 0.29) is 17.6 Å². The molecule has 0 aromatic heterocycles. The number of halogens is 1. The number of amides is 1. The number of hydrogen-bond acceptors (Lipinski definition) is 2. The number of nitrogens with one attached hydrogen (secondary N) is 1. The third-order valence-electron chi connectivity index (χ3n) is 2.49. The van der Waals surface area contributed by atoms with E-state index in [1.807, 2.05) is 6.92 Å². The lowest BCUT2D eigenvalue weighted by atomic mass is 9.96. The average molecular weight is 225 g/mol. The zero-order valence-corrected chi connectivity index (χ0v) is 9.71. The van der Waals surface area contributed by atoms with Crippen molar-refractivity contribution in [3.63, 3.8) is 0 Å². The lowest BCUT2D eigenvalue weighted by molar-refractivity contribution is -0.120. The summed E-state index contributed by atoms with van der Waals surface area (Å²) in [5, 5.41) is 2.54. The lowest BCUT2D eigenvalue weighted by Crippen LogP contribution is -2.19. The van der Waals surface area contributed by atoms with Crippen molar-refractivity contribution in [1.82, 2.24) is 5.32 Å². The Labute approximate surface area is 94.6 Å². The first-order valence-corrected chi connectivity index (χ1v) is 5.12. The minimum atomic E-state index is -0.320. The van der Waals surface area contributed by atoms with E-state index >= 15 is 0 Å². The molecule has 0 aliphatic heterocycles. The van der Waals surface area contributed by atoms with Gasteiger partial charge in [0.25, 0.3) is 0 Å². The Kier molecular flexibility index (Phi) is 4.28. The Morgan fingerprint density at radius 3 is 2.81 bits per heavy atom. The summed E-state index contributed by atoms with van der Waals surface area (Å²) in [5.41, 5.74) is 0.714. The van der Waals surface area contributed by atoms with Gasteiger partial charge in [0.05, 0.1) is 7.11 Å². The maximum absolute atomic E-state index is 13.1. The highest BCUT2D eigenvalue weighted by atomic mass is 19.1. The Balaban J connectivity index is 2.92. The van der Waals surface area contributed by atoms with Crippen molar-refractivity contribution in [3.05, 3.63) is 29.6 Å². The summed E-state index contributed by atoms with van der Waals surface area (Å²) in [6, 6.07) is 4.33. The number of hydrogen-bond donors (Lipinski definition) is 1. The summed E-state index contributed by atoms with van der Waals surface area (Å²) < 4.78 is 18.2. The fourth-order valence-electron chi connectivity index (χ4n) is 1.58. The molecule has 4 heteroatoms. The fourth-order valence-corrected chi connectivity index (χ4v) is 1.58. The molecule has 0 saturated carbocycles. The van der Waals surface area contributed by atoms with Crippen LogP contribution in [-0.2, 0) is 4.79 Å². The molecule has 1 amide bonds. The van der Waals surface area contributed by atoms with Crippen molar-refractivity contribution in [2.45, 2.75) is 19.3 Å². The number of benzene rings is 1. The maximum Gasteiger partial charge on any atom is 0.220 e. The third-order valence-corrected chi connectivity index (χ3v) is 2.49. The normalized spacial score (nSPS) is 12.0. The van der Waals surface area contributed by atoms with E-state index < -0.39 is 0 Å². The van der Waals surface area contributed by atoms with E-state index in [1.165, 1.54) is 19.2 Å². The van der Waals surface area contributed by atoms with Gasteiger partial charge in [-0.2, -0.15) is 0 Å². The zero-order valence-electron chi connectivity index (χ0n) is 9.71. The Morgan fingerprint density at radius 2 is 2.25 bits per heavy atom. The Bertz CT molecular complexity index is 379. The molecule has 1 atom stereocenters. The molecular weight excluding hydrogens is 209 g/mol. The van der Waals surface area contributed by atoms with Gasteiger partial charge in [0.1, 0.15) is 11.6 Å². The predicted octanol–water partition coefficient (Wildman–Crippen LogP) is 2.07. The van der Waals surface area contributed by atoms with Crippen LogP contribution in [-0.4, -0.2) is 20.1 Å². The molecule has 0 aliphatic rings. The first kappa shape index (κ1) is 12.5. The first-order chi connectivity index (χ1) is 7.58. The van der Waals surface area contributed by atoms with Crippen molar-refractivity contribution in [1.29, 1.82) is 0 Å². The van der Waals surface area contributed by atoms with E-state index in [4.69, 9.17) is 4.74 Å². The number of carbonyl (C=O) groups is 1. The van der Waals surface area contributed by atoms with E-state index in [9.17, 15) is 9.18 Å². The molecule has 0 fully saturated rings. The molecular formula is C12H16FNO2. The SMILES string of the molecule is CNC(=O)CC(C)c1cc(F)ccc1OC. The molecule has 0 bridgehead atoms. The largest absolute Gasteiger partial charge is 0.496 e. The van der Waals surface area contributed by atoms with Crippen LogP contribution in [0.3, 0.4) is 0 Å². The number of rotatable bonds is 4. The highest BCUT2D eigenvalue weighted by molar-refractivity contribution is 5.76. The van der Waals surface area contributed by atoms with Gasteiger partial charge in [-0.15, -0.1) is 0 Å². The van der Waals surface area contributed by atoms with Crippen molar-refractivity contribution in [2.24, 2.45) is 0 Å². The summed E-state index contributed by atoms with van der Waals surface area (Å²) >= 11 is 0.